The van der Waals surface area contributed by atoms with Crippen molar-refractivity contribution in [1.29, 1.82) is 0 Å². The molecule has 1 aromatic carbocycles. The second-order valence-corrected chi connectivity index (χ2v) is 8.63. The fraction of sp³-hybridized carbons (Fsp3) is 0.652. The van der Waals surface area contributed by atoms with E-state index in [0.29, 0.717) is 19.0 Å². The van der Waals surface area contributed by atoms with Gasteiger partial charge in [-0.05, 0) is 64.5 Å². The molecule has 160 valence electrons. The lowest BCUT2D eigenvalue weighted by Crippen LogP contribution is -2.30. The van der Waals surface area contributed by atoms with Crippen molar-refractivity contribution in [2.45, 2.75) is 78.1 Å². The van der Waals surface area contributed by atoms with Crippen LogP contribution >= 0.6 is 0 Å². The van der Waals surface area contributed by atoms with E-state index in [-0.39, 0.29) is 30.0 Å². The molecule has 1 aliphatic carbocycles. The summed E-state index contributed by atoms with van der Waals surface area (Å²) in [6.45, 7) is 8.39. The van der Waals surface area contributed by atoms with E-state index < -0.39 is 0 Å². The fourth-order valence-corrected chi connectivity index (χ4v) is 3.92. The van der Waals surface area contributed by atoms with Crippen molar-refractivity contribution in [2.75, 3.05) is 6.61 Å². The number of carbonyl (C=O) groups excluding carboxylic acids is 1. The molecule has 0 aliphatic heterocycles. The average molecular weight is 403 g/mol. The molecule has 2 aromatic rings. The van der Waals surface area contributed by atoms with Crippen molar-refractivity contribution in [1.82, 2.24) is 9.55 Å². The number of aromatic nitrogens is 2. The highest BCUT2D eigenvalue weighted by Gasteiger charge is 2.25. The molecular formula is C23H34N2O4. The number of ketones is 1. The van der Waals surface area contributed by atoms with E-state index in [9.17, 15) is 4.79 Å². The number of aryl methyl sites for hydroxylation is 1. The quantitative estimate of drug-likeness (QED) is 0.609. The Balaban J connectivity index is 1.53. The first-order valence-electron chi connectivity index (χ1n) is 10.7. The minimum atomic E-state index is 0.134. The number of fused-ring (bicyclic) bond motifs is 1. The number of benzene rings is 1. The maximum absolute atomic E-state index is 11.2. The molecule has 0 spiro atoms. The maximum Gasteiger partial charge on any atom is 0.297 e. The lowest BCUT2D eigenvalue weighted by Gasteiger charge is -2.29. The molecule has 3 rings (SSSR count). The predicted molar refractivity (Wildman–Crippen MR) is 114 cm³/mol. The molecule has 6 nitrogen and oxygen atoms in total. The lowest BCUT2D eigenvalue weighted by molar-refractivity contribution is -0.118. The molecule has 29 heavy (non-hydrogen) atoms. The van der Waals surface area contributed by atoms with Crippen molar-refractivity contribution in [3.8, 4) is 11.8 Å². The molecule has 1 heterocycles. The monoisotopic (exact) mass is 402 g/mol. The van der Waals surface area contributed by atoms with Gasteiger partial charge in [-0.1, -0.05) is 6.92 Å². The maximum atomic E-state index is 11.2. The number of hydrogen-bond acceptors (Lipinski definition) is 5. The van der Waals surface area contributed by atoms with Crippen LogP contribution in [-0.2, 0) is 16.6 Å². The number of rotatable bonds is 9. The largest absolute Gasteiger partial charge is 0.491 e. The van der Waals surface area contributed by atoms with Crippen molar-refractivity contribution < 1.29 is 19.0 Å². The highest BCUT2D eigenvalue weighted by atomic mass is 16.5. The van der Waals surface area contributed by atoms with Gasteiger partial charge in [-0.25, -0.2) is 0 Å². The zero-order valence-corrected chi connectivity index (χ0v) is 18.3. The summed E-state index contributed by atoms with van der Waals surface area (Å²) in [6.07, 6.45) is 5.02. The van der Waals surface area contributed by atoms with Crippen molar-refractivity contribution in [2.24, 2.45) is 13.0 Å². The Kier molecular flexibility index (Phi) is 7.17. The Morgan fingerprint density at radius 2 is 1.86 bits per heavy atom. The highest BCUT2D eigenvalue weighted by Crippen LogP contribution is 2.29. The third kappa shape index (κ3) is 5.95. The minimum Gasteiger partial charge on any atom is -0.491 e. The molecule has 0 radical (unpaired) electrons. The Bertz CT molecular complexity index is 822. The molecule has 1 aromatic heterocycles. The van der Waals surface area contributed by atoms with E-state index in [0.717, 1.165) is 42.5 Å². The molecule has 0 N–H and O–H groups in total. The summed E-state index contributed by atoms with van der Waals surface area (Å²) in [5, 5.41) is 0. The molecule has 1 aliphatic rings. The van der Waals surface area contributed by atoms with Gasteiger partial charge in [0.1, 0.15) is 17.6 Å². The number of imidazole rings is 1. The van der Waals surface area contributed by atoms with Crippen LogP contribution in [0.25, 0.3) is 11.0 Å². The van der Waals surface area contributed by atoms with Crippen molar-refractivity contribution >= 4 is 16.8 Å². The normalized spacial score (nSPS) is 20.8. The molecule has 6 heteroatoms. The molecule has 1 atom stereocenters. The zero-order valence-electron chi connectivity index (χ0n) is 18.3. The predicted octanol–water partition coefficient (Wildman–Crippen LogP) is 4.68. The van der Waals surface area contributed by atoms with E-state index in [1.54, 1.807) is 6.92 Å². The summed E-state index contributed by atoms with van der Waals surface area (Å²) in [5.74, 6) is 1.34. The first-order valence-corrected chi connectivity index (χ1v) is 10.7. The molecular weight excluding hydrogens is 368 g/mol. The molecule has 0 bridgehead atoms. The molecule has 0 amide bonds. The summed E-state index contributed by atoms with van der Waals surface area (Å²) in [6, 6.07) is 6.62. The van der Waals surface area contributed by atoms with Gasteiger partial charge in [0, 0.05) is 26.1 Å². The van der Waals surface area contributed by atoms with Crippen LogP contribution in [0.5, 0.6) is 11.8 Å². The van der Waals surface area contributed by atoms with Gasteiger partial charge < -0.3 is 19.0 Å². The topological polar surface area (TPSA) is 62.6 Å². The Labute approximate surface area is 173 Å². The van der Waals surface area contributed by atoms with Gasteiger partial charge in [-0.15, -0.1) is 0 Å². The van der Waals surface area contributed by atoms with Crippen molar-refractivity contribution in [3.05, 3.63) is 18.2 Å². The van der Waals surface area contributed by atoms with Gasteiger partial charge in [0.2, 0.25) is 0 Å². The highest BCUT2D eigenvalue weighted by molar-refractivity contribution is 5.78. The first kappa shape index (κ1) is 21.6. The van der Waals surface area contributed by atoms with E-state index in [1.807, 2.05) is 43.7 Å². The number of carbonyl (C=O) groups is 1. The van der Waals surface area contributed by atoms with Crippen LogP contribution in [0.2, 0.25) is 0 Å². The molecule has 0 saturated heterocycles. The van der Waals surface area contributed by atoms with Crippen molar-refractivity contribution in [3.63, 3.8) is 0 Å². The van der Waals surface area contributed by atoms with Gasteiger partial charge >= 0.3 is 0 Å². The standard InChI is InChI=1S/C23H34N2O4/c1-15(2)28-20-10-11-22-21(13-20)24-23(25(22)5)29-19-8-6-18(7-9-19)27-14-16(3)12-17(4)26/h10-11,13,15-16,18-19H,6-9,12,14H2,1-5H3/t16-,18?,19?/m1/s1. The Hall–Kier alpha value is -2.08. The van der Waals surface area contributed by atoms with Gasteiger partial charge in [-0.2, -0.15) is 4.98 Å². The summed E-state index contributed by atoms with van der Waals surface area (Å²) in [5.41, 5.74) is 1.92. The number of nitrogens with zero attached hydrogens (tertiary/aromatic N) is 2. The summed E-state index contributed by atoms with van der Waals surface area (Å²) in [4.78, 5) is 15.9. The summed E-state index contributed by atoms with van der Waals surface area (Å²) < 4.78 is 20.0. The van der Waals surface area contributed by atoms with Crippen LogP contribution in [-0.4, -0.2) is 40.3 Å². The summed E-state index contributed by atoms with van der Waals surface area (Å²) >= 11 is 0. The van der Waals surface area contributed by atoms with E-state index in [2.05, 4.69) is 11.9 Å². The van der Waals surface area contributed by atoms with Crippen LogP contribution in [0.15, 0.2) is 18.2 Å². The second-order valence-electron chi connectivity index (χ2n) is 8.63. The molecule has 1 saturated carbocycles. The van der Waals surface area contributed by atoms with Crippen LogP contribution < -0.4 is 9.47 Å². The smallest absolute Gasteiger partial charge is 0.297 e. The van der Waals surface area contributed by atoms with Crippen LogP contribution in [0.4, 0.5) is 0 Å². The van der Waals surface area contributed by atoms with Gasteiger partial charge in [-0.3, -0.25) is 4.57 Å². The van der Waals surface area contributed by atoms with E-state index in [1.165, 1.54) is 0 Å². The zero-order chi connectivity index (χ0) is 21.0. The minimum absolute atomic E-state index is 0.134. The third-order valence-corrected chi connectivity index (χ3v) is 5.33. The number of Topliss-reactive ketones (excluding diaryl/α,β-unsaturated/α-hetero) is 1. The Morgan fingerprint density at radius 3 is 2.52 bits per heavy atom. The number of hydrogen-bond donors (Lipinski definition) is 0. The molecule has 0 unspecified atom stereocenters. The average Bonchev–Trinajstić information content (AvgIpc) is 2.95. The van der Waals surface area contributed by atoms with Gasteiger partial charge in [0.05, 0.1) is 23.2 Å². The third-order valence-electron chi connectivity index (χ3n) is 5.33. The van der Waals surface area contributed by atoms with Gasteiger partial charge in [0.25, 0.3) is 6.01 Å². The van der Waals surface area contributed by atoms with E-state index >= 15 is 0 Å². The van der Waals surface area contributed by atoms with Gasteiger partial charge in [0.15, 0.2) is 0 Å². The van der Waals surface area contributed by atoms with Crippen LogP contribution in [0.1, 0.15) is 59.8 Å². The SMILES string of the molecule is CC(=O)C[C@@H](C)COC1CCC(Oc2nc3cc(OC(C)C)ccc3n2C)CC1. The molecule has 1 fully saturated rings. The fourth-order valence-electron chi connectivity index (χ4n) is 3.92. The number of ether oxygens (including phenoxy) is 3. The Morgan fingerprint density at radius 1 is 1.17 bits per heavy atom. The lowest BCUT2D eigenvalue weighted by atomic mass is 9.95. The summed E-state index contributed by atoms with van der Waals surface area (Å²) in [7, 11) is 1.98. The first-order chi connectivity index (χ1) is 13.8. The second kappa shape index (κ2) is 9.61. The van der Waals surface area contributed by atoms with Crippen LogP contribution in [0.3, 0.4) is 0 Å². The van der Waals surface area contributed by atoms with Crippen LogP contribution in [0, 0.1) is 5.92 Å². The van der Waals surface area contributed by atoms with E-state index in [4.69, 9.17) is 14.2 Å².